The summed E-state index contributed by atoms with van der Waals surface area (Å²) in [5.74, 6) is 0.742. The molecule has 1 heteroatoms. The molecule has 64 valence electrons. The zero-order chi connectivity index (χ0) is 8.55. The predicted octanol–water partition coefficient (Wildman–Crippen LogP) is 1.93. The molecule has 0 heterocycles. The summed E-state index contributed by atoms with van der Waals surface area (Å²) in [5, 5.41) is 3.31. The van der Waals surface area contributed by atoms with Gasteiger partial charge in [-0.05, 0) is 31.5 Å². The molecule has 0 unspecified atom stereocenters. The van der Waals surface area contributed by atoms with Gasteiger partial charge in [0.15, 0.2) is 0 Å². The highest BCUT2D eigenvalue weighted by molar-refractivity contribution is 5.40. The Morgan fingerprint density at radius 1 is 1.42 bits per heavy atom. The van der Waals surface area contributed by atoms with Crippen LogP contribution in [0.5, 0.6) is 0 Å². The average molecular weight is 161 g/mol. The fourth-order valence-corrected chi connectivity index (χ4v) is 1.94. The fraction of sp³-hybridized carbons (Fsp3) is 0.455. The zero-order valence-corrected chi connectivity index (χ0v) is 7.67. The lowest BCUT2D eigenvalue weighted by Gasteiger charge is -2.34. The van der Waals surface area contributed by atoms with Gasteiger partial charge in [-0.15, -0.1) is 0 Å². The van der Waals surface area contributed by atoms with Crippen LogP contribution in [0, 0.1) is 0 Å². The van der Waals surface area contributed by atoms with E-state index in [1.54, 1.807) is 5.56 Å². The molecule has 1 aliphatic rings. The molecule has 2 atom stereocenters. The maximum Gasteiger partial charge on any atom is 0.0108 e. The fourth-order valence-electron chi connectivity index (χ4n) is 1.94. The van der Waals surface area contributed by atoms with Crippen molar-refractivity contribution in [3.05, 3.63) is 35.4 Å². The summed E-state index contributed by atoms with van der Waals surface area (Å²) in [4.78, 5) is 0. The van der Waals surface area contributed by atoms with Crippen molar-refractivity contribution >= 4 is 0 Å². The minimum absolute atomic E-state index is 0.611. The second kappa shape index (κ2) is 2.91. The first-order valence-electron chi connectivity index (χ1n) is 4.58. The Morgan fingerprint density at radius 3 is 2.83 bits per heavy atom. The third-order valence-corrected chi connectivity index (χ3v) is 2.95. The molecule has 12 heavy (non-hydrogen) atoms. The predicted molar refractivity (Wildman–Crippen MR) is 51.4 cm³/mol. The number of hydrogen-bond donors (Lipinski definition) is 1. The van der Waals surface area contributed by atoms with Crippen LogP contribution in [0.3, 0.4) is 0 Å². The summed E-state index contributed by atoms with van der Waals surface area (Å²) in [6.07, 6.45) is 1.25. The van der Waals surface area contributed by atoms with Gasteiger partial charge in [0.25, 0.3) is 0 Å². The van der Waals surface area contributed by atoms with E-state index in [1.165, 1.54) is 12.0 Å². The second-order valence-corrected chi connectivity index (χ2v) is 3.59. The minimum Gasteiger partial charge on any atom is -0.317 e. The van der Waals surface area contributed by atoms with E-state index in [9.17, 15) is 0 Å². The van der Waals surface area contributed by atoms with E-state index in [4.69, 9.17) is 0 Å². The molecule has 0 amide bonds. The molecule has 1 nitrogen and oxygen atoms in total. The lowest BCUT2D eigenvalue weighted by atomic mass is 9.74. The van der Waals surface area contributed by atoms with E-state index in [0.717, 1.165) is 5.92 Å². The van der Waals surface area contributed by atoms with Crippen LogP contribution < -0.4 is 5.32 Å². The summed E-state index contributed by atoms with van der Waals surface area (Å²) >= 11 is 0. The van der Waals surface area contributed by atoms with Crippen molar-refractivity contribution in [1.82, 2.24) is 5.32 Å². The number of benzene rings is 1. The minimum atomic E-state index is 0.611. The van der Waals surface area contributed by atoms with Crippen molar-refractivity contribution in [2.75, 3.05) is 7.05 Å². The van der Waals surface area contributed by atoms with E-state index in [-0.39, 0.29) is 0 Å². The number of nitrogens with one attached hydrogen (secondary N) is 1. The van der Waals surface area contributed by atoms with Crippen LogP contribution in [0.25, 0.3) is 0 Å². The Hall–Kier alpha value is -0.820. The zero-order valence-electron chi connectivity index (χ0n) is 7.67. The van der Waals surface area contributed by atoms with Gasteiger partial charge >= 0.3 is 0 Å². The topological polar surface area (TPSA) is 12.0 Å². The number of fused-ring (bicyclic) bond motifs is 1. The molecule has 0 bridgehead atoms. The SMILES string of the molecule is CN[C@H](C)[C@H]1Cc2ccccc21. The normalized spacial score (nSPS) is 22.7. The summed E-state index contributed by atoms with van der Waals surface area (Å²) in [5.41, 5.74) is 3.07. The van der Waals surface area contributed by atoms with E-state index >= 15 is 0 Å². The molecular weight excluding hydrogens is 146 g/mol. The molecule has 0 spiro atoms. The third kappa shape index (κ3) is 1.05. The van der Waals surface area contributed by atoms with Crippen molar-refractivity contribution in [3.8, 4) is 0 Å². The van der Waals surface area contributed by atoms with Gasteiger partial charge in [-0.2, -0.15) is 0 Å². The highest BCUT2D eigenvalue weighted by Crippen LogP contribution is 2.36. The molecule has 0 saturated heterocycles. The molecule has 0 fully saturated rings. The van der Waals surface area contributed by atoms with Crippen LogP contribution in [0.15, 0.2) is 24.3 Å². The monoisotopic (exact) mass is 161 g/mol. The largest absolute Gasteiger partial charge is 0.317 e. The molecule has 1 aromatic rings. The first-order valence-corrected chi connectivity index (χ1v) is 4.58. The summed E-state index contributed by atoms with van der Waals surface area (Å²) in [7, 11) is 2.03. The Labute approximate surface area is 73.8 Å². The third-order valence-electron chi connectivity index (χ3n) is 2.95. The van der Waals surface area contributed by atoms with Crippen molar-refractivity contribution in [2.45, 2.75) is 25.3 Å². The van der Waals surface area contributed by atoms with E-state index in [2.05, 4.69) is 36.5 Å². The first-order chi connectivity index (χ1) is 5.83. The molecule has 1 aromatic carbocycles. The van der Waals surface area contributed by atoms with Crippen LogP contribution in [0.2, 0.25) is 0 Å². The van der Waals surface area contributed by atoms with Crippen molar-refractivity contribution < 1.29 is 0 Å². The average Bonchev–Trinajstić information content (AvgIpc) is 2.07. The van der Waals surface area contributed by atoms with Gasteiger partial charge in [0, 0.05) is 12.0 Å². The lowest BCUT2D eigenvalue weighted by Crippen LogP contribution is -2.35. The van der Waals surface area contributed by atoms with E-state index in [0.29, 0.717) is 6.04 Å². The molecule has 0 aromatic heterocycles. The molecule has 0 aliphatic heterocycles. The van der Waals surface area contributed by atoms with E-state index < -0.39 is 0 Å². The maximum atomic E-state index is 3.31. The highest BCUT2D eigenvalue weighted by Gasteiger charge is 2.28. The van der Waals surface area contributed by atoms with Crippen LogP contribution in [-0.2, 0) is 6.42 Å². The molecule has 0 radical (unpaired) electrons. The number of rotatable bonds is 2. The van der Waals surface area contributed by atoms with Gasteiger partial charge in [0.2, 0.25) is 0 Å². The van der Waals surface area contributed by atoms with Gasteiger partial charge in [0.1, 0.15) is 0 Å². The van der Waals surface area contributed by atoms with E-state index in [1.807, 2.05) is 7.05 Å². The standard InChI is InChI=1S/C11H15N/c1-8(12-2)11-7-9-5-3-4-6-10(9)11/h3-6,8,11-12H,7H2,1-2H3/t8-,11-/m1/s1. The van der Waals surface area contributed by atoms with Crippen LogP contribution in [-0.4, -0.2) is 13.1 Å². The number of likely N-dealkylation sites (N-methyl/N-ethyl adjacent to an activating group) is 1. The smallest absolute Gasteiger partial charge is 0.0108 e. The quantitative estimate of drug-likeness (QED) is 0.699. The molecule has 1 N–H and O–H groups in total. The van der Waals surface area contributed by atoms with Crippen molar-refractivity contribution in [1.29, 1.82) is 0 Å². The maximum absolute atomic E-state index is 3.31. The van der Waals surface area contributed by atoms with Gasteiger partial charge in [-0.3, -0.25) is 0 Å². The molecule has 1 aliphatic carbocycles. The van der Waals surface area contributed by atoms with Crippen LogP contribution in [0.4, 0.5) is 0 Å². The van der Waals surface area contributed by atoms with Crippen molar-refractivity contribution in [2.24, 2.45) is 0 Å². The van der Waals surface area contributed by atoms with Gasteiger partial charge < -0.3 is 5.32 Å². The summed E-state index contributed by atoms with van der Waals surface area (Å²) in [6.45, 7) is 2.25. The Balaban J connectivity index is 2.19. The Morgan fingerprint density at radius 2 is 2.17 bits per heavy atom. The van der Waals surface area contributed by atoms with Gasteiger partial charge in [-0.1, -0.05) is 24.3 Å². The summed E-state index contributed by atoms with van der Waals surface area (Å²) in [6, 6.07) is 9.35. The van der Waals surface area contributed by atoms with Crippen LogP contribution >= 0.6 is 0 Å². The van der Waals surface area contributed by atoms with Gasteiger partial charge in [-0.25, -0.2) is 0 Å². The second-order valence-electron chi connectivity index (χ2n) is 3.59. The summed E-state index contributed by atoms with van der Waals surface area (Å²) < 4.78 is 0. The highest BCUT2D eigenvalue weighted by atomic mass is 14.9. The van der Waals surface area contributed by atoms with Crippen molar-refractivity contribution in [3.63, 3.8) is 0 Å². The first kappa shape index (κ1) is 7.81. The number of hydrogen-bond acceptors (Lipinski definition) is 1. The molecule has 2 rings (SSSR count). The Bertz CT molecular complexity index is 280. The van der Waals surface area contributed by atoms with Gasteiger partial charge in [0.05, 0.1) is 0 Å². The van der Waals surface area contributed by atoms with Crippen LogP contribution in [0.1, 0.15) is 24.0 Å². The lowest BCUT2D eigenvalue weighted by molar-refractivity contribution is 0.453. The Kier molecular flexibility index (Phi) is 1.89. The molecular formula is C11H15N. The molecule has 0 saturated carbocycles.